The van der Waals surface area contributed by atoms with E-state index in [0.29, 0.717) is 17.4 Å². The molecule has 2 saturated carbocycles. The van der Waals surface area contributed by atoms with E-state index in [4.69, 9.17) is 4.74 Å². The standard InChI is InChI=1S/C21H28O3/c1-6-7-12-10-14-16(19(23)15(12)11(2)22)18-17-13(20(18,3)4)8-9-21(17,5)24-14/h10,13,17-18,23H,6-9H2,1-5H3/t13?,17-,18-,21-/m1/s1. The normalized spacial score (nSPS) is 34.8. The molecule has 3 aliphatic rings. The van der Waals surface area contributed by atoms with Crippen LogP contribution < -0.4 is 4.74 Å². The van der Waals surface area contributed by atoms with Crippen LogP contribution in [-0.2, 0) is 6.42 Å². The Kier molecular flexibility index (Phi) is 3.18. The smallest absolute Gasteiger partial charge is 0.163 e. The number of carbonyl (C=O) groups is 1. The van der Waals surface area contributed by atoms with Gasteiger partial charge in [0.25, 0.3) is 0 Å². The van der Waals surface area contributed by atoms with Gasteiger partial charge in [-0.15, -0.1) is 0 Å². The Labute approximate surface area is 144 Å². The Bertz CT molecular complexity index is 733. The largest absolute Gasteiger partial charge is 0.507 e. The van der Waals surface area contributed by atoms with Crippen LogP contribution in [0.4, 0.5) is 0 Å². The van der Waals surface area contributed by atoms with E-state index >= 15 is 0 Å². The highest BCUT2D eigenvalue weighted by atomic mass is 16.5. The van der Waals surface area contributed by atoms with Gasteiger partial charge in [0.05, 0.1) is 5.56 Å². The zero-order valence-electron chi connectivity index (χ0n) is 15.4. The molecule has 0 spiro atoms. The van der Waals surface area contributed by atoms with Gasteiger partial charge in [-0.05, 0) is 56.1 Å². The van der Waals surface area contributed by atoms with Gasteiger partial charge in [-0.1, -0.05) is 27.2 Å². The van der Waals surface area contributed by atoms with Gasteiger partial charge in [0.1, 0.15) is 17.1 Å². The summed E-state index contributed by atoms with van der Waals surface area (Å²) in [5.74, 6) is 2.35. The number of Topliss-reactive ketones (excluding diaryl/α,β-unsaturated/α-hetero) is 1. The fourth-order valence-corrected chi connectivity index (χ4v) is 6.09. The Morgan fingerprint density at radius 3 is 2.71 bits per heavy atom. The van der Waals surface area contributed by atoms with Crippen molar-refractivity contribution in [1.82, 2.24) is 0 Å². The number of ketones is 1. The maximum absolute atomic E-state index is 12.2. The van der Waals surface area contributed by atoms with Crippen molar-refractivity contribution in [3.63, 3.8) is 0 Å². The van der Waals surface area contributed by atoms with Crippen LogP contribution in [-0.4, -0.2) is 16.5 Å². The van der Waals surface area contributed by atoms with E-state index in [-0.39, 0.29) is 28.5 Å². The molecule has 0 saturated heterocycles. The number of phenols is 1. The molecule has 1 unspecified atom stereocenters. The second-order valence-electron chi connectivity index (χ2n) is 8.86. The summed E-state index contributed by atoms with van der Waals surface area (Å²) in [6.07, 6.45) is 4.01. The van der Waals surface area contributed by atoms with E-state index in [1.807, 2.05) is 6.07 Å². The molecular formula is C21H28O3. The first-order chi connectivity index (χ1) is 11.2. The van der Waals surface area contributed by atoms with Crippen LogP contribution in [0, 0.1) is 17.3 Å². The third-order valence-corrected chi connectivity index (χ3v) is 7.12. The second kappa shape index (κ2) is 4.77. The average molecular weight is 328 g/mol. The number of aromatic hydroxyl groups is 1. The summed E-state index contributed by atoms with van der Waals surface area (Å²) in [6, 6.07) is 2.04. The molecule has 1 aliphatic heterocycles. The van der Waals surface area contributed by atoms with Gasteiger partial charge in [-0.2, -0.15) is 0 Å². The number of hydrogen-bond donors (Lipinski definition) is 1. The van der Waals surface area contributed by atoms with Gasteiger partial charge in [-0.25, -0.2) is 0 Å². The molecule has 1 aromatic rings. The van der Waals surface area contributed by atoms with Crippen LogP contribution in [0.25, 0.3) is 0 Å². The minimum absolute atomic E-state index is 0.0489. The maximum atomic E-state index is 12.2. The lowest BCUT2D eigenvalue weighted by Gasteiger charge is -2.62. The minimum atomic E-state index is -0.120. The molecule has 1 heterocycles. The summed E-state index contributed by atoms with van der Waals surface area (Å²) in [6.45, 7) is 10.5. The molecule has 3 heteroatoms. The lowest BCUT2D eigenvalue weighted by Crippen LogP contribution is -2.59. The Morgan fingerprint density at radius 1 is 1.38 bits per heavy atom. The van der Waals surface area contributed by atoms with Crippen molar-refractivity contribution in [3.05, 3.63) is 22.8 Å². The summed E-state index contributed by atoms with van der Waals surface area (Å²) in [5, 5.41) is 11.0. The molecule has 0 aromatic heterocycles. The minimum Gasteiger partial charge on any atom is -0.507 e. The van der Waals surface area contributed by atoms with Crippen LogP contribution in [0.5, 0.6) is 11.5 Å². The molecule has 0 amide bonds. The molecule has 4 atom stereocenters. The lowest BCUT2D eigenvalue weighted by molar-refractivity contribution is -0.121. The van der Waals surface area contributed by atoms with E-state index in [2.05, 4.69) is 27.7 Å². The fraction of sp³-hybridized carbons (Fsp3) is 0.667. The predicted octanol–water partition coefficient (Wildman–Crippen LogP) is 4.85. The molecule has 2 aliphatic carbocycles. The molecule has 3 nitrogen and oxygen atoms in total. The summed E-state index contributed by atoms with van der Waals surface area (Å²) in [7, 11) is 0. The van der Waals surface area contributed by atoms with Crippen LogP contribution in [0.2, 0.25) is 0 Å². The number of rotatable bonds is 3. The van der Waals surface area contributed by atoms with Crippen molar-refractivity contribution in [2.24, 2.45) is 17.3 Å². The number of phenolic OH excluding ortho intramolecular Hbond substituents is 1. The average Bonchev–Trinajstić information content (AvgIpc) is 2.81. The molecule has 1 aromatic carbocycles. The zero-order chi connectivity index (χ0) is 17.4. The lowest BCUT2D eigenvalue weighted by atomic mass is 9.45. The Balaban J connectivity index is 1.95. The topological polar surface area (TPSA) is 46.5 Å². The molecular weight excluding hydrogens is 300 g/mol. The van der Waals surface area contributed by atoms with Crippen LogP contribution >= 0.6 is 0 Å². The summed E-state index contributed by atoms with van der Waals surface area (Å²) in [4.78, 5) is 12.2. The van der Waals surface area contributed by atoms with Gasteiger partial charge in [-0.3, -0.25) is 4.79 Å². The maximum Gasteiger partial charge on any atom is 0.163 e. The van der Waals surface area contributed by atoms with Gasteiger partial charge < -0.3 is 9.84 Å². The van der Waals surface area contributed by atoms with Gasteiger partial charge in [0.15, 0.2) is 5.78 Å². The summed E-state index contributed by atoms with van der Waals surface area (Å²) < 4.78 is 6.47. The van der Waals surface area contributed by atoms with Crippen LogP contribution in [0.1, 0.15) is 81.3 Å². The molecule has 4 rings (SSSR count). The quantitative estimate of drug-likeness (QED) is 0.807. The van der Waals surface area contributed by atoms with Gasteiger partial charge >= 0.3 is 0 Å². The molecule has 0 radical (unpaired) electrons. The monoisotopic (exact) mass is 328 g/mol. The fourth-order valence-electron chi connectivity index (χ4n) is 6.09. The van der Waals surface area contributed by atoms with Gasteiger partial charge in [0, 0.05) is 17.4 Å². The van der Waals surface area contributed by atoms with E-state index < -0.39 is 0 Å². The van der Waals surface area contributed by atoms with Crippen LogP contribution in [0.15, 0.2) is 6.07 Å². The third-order valence-electron chi connectivity index (χ3n) is 7.12. The molecule has 1 N–H and O–H groups in total. The van der Waals surface area contributed by atoms with Crippen molar-refractivity contribution in [2.45, 2.75) is 71.8 Å². The number of aryl methyl sites for hydroxylation is 1. The second-order valence-corrected chi connectivity index (χ2v) is 8.86. The third kappa shape index (κ3) is 1.76. The zero-order valence-corrected chi connectivity index (χ0v) is 15.4. The van der Waals surface area contributed by atoms with Crippen molar-refractivity contribution in [3.8, 4) is 11.5 Å². The molecule has 24 heavy (non-hydrogen) atoms. The van der Waals surface area contributed by atoms with Crippen LogP contribution in [0.3, 0.4) is 0 Å². The summed E-state index contributed by atoms with van der Waals surface area (Å²) in [5.41, 5.74) is 2.37. The van der Waals surface area contributed by atoms with Crippen molar-refractivity contribution in [1.29, 1.82) is 0 Å². The Hall–Kier alpha value is -1.51. The van der Waals surface area contributed by atoms with Crippen molar-refractivity contribution >= 4 is 5.78 Å². The first-order valence-corrected chi connectivity index (χ1v) is 9.31. The van der Waals surface area contributed by atoms with Crippen molar-refractivity contribution in [2.75, 3.05) is 0 Å². The number of ether oxygens (including phenoxy) is 1. The molecule has 130 valence electrons. The van der Waals surface area contributed by atoms with E-state index in [9.17, 15) is 9.90 Å². The first kappa shape index (κ1) is 16.0. The SMILES string of the molecule is CCCc1cc2c(c(O)c1C(C)=O)[C@@H]1[C@H]3C(CC[C@@]3(C)O2)C1(C)C. The number of hydrogen-bond acceptors (Lipinski definition) is 3. The number of fused-ring (bicyclic) bond motifs is 2. The first-order valence-electron chi connectivity index (χ1n) is 9.31. The number of benzene rings is 1. The van der Waals surface area contributed by atoms with E-state index in [1.54, 1.807) is 6.92 Å². The predicted molar refractivity (Wildman–Crippen MR) is 93.9 cm³/mol. The molecule has 2 fully saturated rings. The molecule has 0 bridgehead atoms. The highest BCUT2D eigenvalue weighted by Crippen LogP contribution is 2.74. The van der Waals surface area contributed by atoms with E-state index in [1.165, 1.54) is 6.42 Å². The highest BCUT2D eigenvalue weighted by molar-refractivity contribution is 5.99. The highest BCUT2D eigenvalue weighted by Gasteiger charge is 2.69. The van der Waals surface area contributed by atoms with Crippen molar-refractivity contribution < 1.29 is 14.6 Å². The number of carbonyl (C=O) groups excluding carboxylic acids is 1. The Morgan fingerprint density at radius 2 is 2.08 bits per heavy atom. The van der Waals surface area contributed by atoms with Gasteiger partial charge in [0.2, 0.25) is 0 Å². The van der Waals surface area contributed by atoms with E-state index in [0.717, 1.165) is 36.1 Å². The summed E-state index contributed by atoms with van der Waals surface area (Å²) >= 11 is 0.